The van der Waals surface area contributed by atoms with Crippen LogP contribution in [0.3, 0.4) is 0 Å². The highest BCUT2D eigenvalue weighted by Crippen LogP contribution is 2.24. The van der Waals surface area contributed by atoms with Crippen LogP contribution < -0.4 is 5.32 Å². The number of nitrogens with one attached hydrogen (secondary N) is 1. The van der Waals surface area contributed by atoms with Gasteiger partial charge < -0.3 is 10.2 Å². The minimum atomic E-state index is -0.408. The summed E-state index contributed by atoms with van der Waals surface area (Å²) in [5, 5.41) is 3.54. The fraction of sp³-hybridized carbons (Fsp3) is 0.529. The topological polar surface area (TPSA) is 49.4 Å². The Morgan fingerprint density at radius 2 is 1.86 bits per heavy atom. The van der Waals surface area contributed by atoms with Crippen LogP contribution in [0.2, 0.25) is 5.02 Å². The predicted octanol–water partition coefficient (Wildman–Crippen LogP) is 3.56. The van der Waals surface area contributed by atoms with Crippen LogP contribution in [0.1, 0.15) is 33.6 Å². The summed E-state index contributed by atoms with van der Waals surface area (Å²) in [6.07, 6.45) is 1.67. The van der Waals surface area contributed by atoms with E-state index in [1.54, 1.807) is 24.3 Å². The first kappa shape index (κ1) is 16.8. The number of likely N-dealkylation sites (tertiary alicyclic amines) is 1. The van der Waals surface area contributed by atoms with Crippen LogP contribution in [-0.2, 0) is 9.59 Å². The molecule has 1 aliphatic heterocycles. The van der Waals surface area contributed by atoms with Gasteiger partial charge in [-0.15, -0.1) is 0 Å². The Kier molecular flexibility index (Phi) is 5.12. The number of hydrogen-bond acceptors (Lipinski definition) is 2. The maximum atomic E-state index is 12.4. The van der Waals surface area contributed by atoms with E-state index in [9.17, 15) is 9.59 Å². The minimum absolute atomic E-state index is 0.0336. The van der Waals surface area contributed by atoms with Crippen LogP contribution in [0.4, 0.5) is 5.69 Å². The van der Waals surface area contributed by atoms with E-state index in [0.29, 0.717) is 11.6 Å². The SMILES string of the molecule is CC(C)(C)C(=O)N1CCCC(C(=O)Nc2ccc(Cl)cc2)C1. The molecule has 120 valence electrons. The lowest BCUT2D eigenvalue weighted by molar-refractivity contribution is -0.142. The standard InChI is InChI=1S/C17H23ClN2O2/c1-17(2,3)16(22)20-10-4-5-12(11-20)15(21)19-14-8-6-13(18)7-9-14/h6-9,12H,4-5,10-11H2,1-3H3,(H,19,21). The molecule has 1 fully saturated rings. The first-order valence-electron chi connectivity index (χ1n) is 7.63. The monoisotopic (exact) mass is 322 g/mol. The van der Waals surface area contributed by atoms with E-state index < -0.39 is 5.41 Å². The quantitative estimate of drug-likeness (QED) is 0.905. The van der Waals surface area contributed by atoms with E-state index in [2.05, 4.69) is 5.32 Å². The van der Waals surface area contributed by atoms with Crippen molar-refractivity contribution < 1.29 is 9.59 Å². The van der Waals surface area contributed by atoms with Gasteiger partial charge in [0.05, 0.1) is 5.92 Å². The van der Waals surface area contributed by atoms with Gasteiger partial charge in [-0.2, -0.15) is 0 Å². The van der Waals surface area contributed by atoms with Crippen molar-refractivity contribution >= 4 is 29.1 Å². The fourth-order valence-corrected chi connectivity index (χ4v) is 2.75. The number of carbonyl (C=O) groups is 2. The van der Waals surface area contributed by atoms with Crippen LogP contribution in [0.15, 0.2) is 24.3 Å². The molecule has 1 saturated heterocycles. The molecule has 0 aromatic heterocycles. The van der Waals surface area contributed by atoms with E-state index in [1.165, 1.54) is 0 Å². The summed E-state index contributed by atoms with van der Waals surface area (Å²) in [5.41, 5.74) is 0.322. The second-order valence-corrected chi connectivity index (χ2v) is 7.27. The van der Waals surface area contributed by atoms with Crippen LogP contribution in [0.5, 0.6) is 0 Å². The van der Waals surface area contributed by atoms with Crippen molar-refractivity contribution in [1.29, 1.82) is 0 Å². The number of anilines is 1. The molecule has 1 unspecified atom stereocenters. The lowest BCUT2D eigenvalue weighted by atomic mass is 9.91. The van der Waals surface area contributed by atoms with Gasteiger partial charge >= 0.3 is 0 Å². The molecule has 1 aromatic carbocycles. The molecule has 0 spiro atoms. The Bertz CT molecular complexity index is 549. The van der Waals surface area contributed by atoms with Crippen LogP contribution in [0, 0.1) is 11.3 Å². The highest BCUT2D eigenvalue weighted by Gasteiger charge is 2.33. The van der Waals surface area contributed by atoms with E-state index >= 15 is 0 Å². The third-order valence-corrected chi connectivity index (χ3v) is 4.08. The number of piperidine rings is 1. The van der Waals surface area contributed by atoms with Gasteiger partial charge in [-0.05, 0) is 37.1 Å². The summed E-state index contributed by atoms with van der Waals surface area (Å²) in [6.45, 7) is 6.96. The molecular formula is C17H23ClN2O2. The molecule has 5 heteroatoms. The molecule has 0 bridgehead atoms. The second kappa shape index (κ2) is 6.69. The molecule has 0 radical (unpaired) electrons. The molecule has 1 N–H and O–H groups in total. The van der Waals surface area contributed by atoms with E-state index in [0.717, 1.165) is 25.1 Å². The Morgan fingerprint density at radius 3 is 2.45 bits per heavy atom. The van der Waals surface area contributed by atoms with E-state index in [4.69, 9.17) is 11.6 Å². The van der Waals surface area contributed by atoms with Gasteiger partial charge in [0.2, 0.25) is 11.8 Å². The van der Waals surface area contributed by atoms with Gasteiger partial charge in [0.15, 0.2) is 0 Å². The fourth-order valence-electron chi connectivity index (χ4n) is 2.63. The van der Waals surface area contributed by atoms with E-state index in [-0.39, 0.29) is 17.7 Å². The van der Waals surface area contributed by atoms with Gasteiger partial charge in [-0.25, -0.2) is 0 Å². The summed E-state index contributed by atoms with van der Waals surface area (Å²) in [4.78, 5) is 26.6. The van der Waals surface area contributed by atoms with Crippen LogP contribution in [0.25, 0.3) is 0 Å². The van der Waals surface area contributed by atoms with Crippen molar-refractivity contribution in [1.82, 2.24) is 4.90 Å². The normalized spacial score (nSPS) is 18.9. The third kappa shape index (κ3) is 4.23. The smallest absolute Gasteiger partial charge is 0.229 e. The molecule has 2 rings (SSSR count). The van der Waals surface area contributed by atoms with Gasteiger partial charge in [-0.1, -0.05) is 32.4 Å². The van der Waals surface area contributed by atoms with Crippen molar-refractivity contribution in [3.63, 3.8) is 0 Å². The summed E-state index contributed by atoms with van der Waals surface area (Å²) >= 11 is 5.84. The zero-order valence-corrected chi connectivity index (χ0v) is 14.1. The molecule has 1 heterocycles. The van der Waals surface area contributed by atoms with Crippen molar-refractivity contribution in [2.24, 2.45) is 11.3 Å². The second-order valence-electron chi connectivity index (χ2n) is 6.84. The Hall–Kier alpha value is -1.55. The summed E-state index contributed by atoms with van der Waals surface area (Å²) in [5.74, 6) is -0.0825. The van der Waals surface area contributed by atoms with Gasteiger partial charge in [0.1, 0.15) is 0 Å². The van der Waals surface area contributed by atoms with Crippen LogP contribution in [-0.4, -0.2) is 29.8 Å². The molecule has 4 nitrogen and oxygen atoms in total. The zero-order valence-electron chi connectivity index (χ0n) is 13.4. The Morgan fingerprint density at radius 1 is 1.23 bits per heavy atom. The van der Waals surface area contributed by atoms with Gasteiger partial charge in [0.25, 0.3) is 0 Å². The van der Waals surface area contributed by atoms with Crippen molar-refractivity contribution in [3.8, 4) is 0 Å². The summed E-state index contributed by atoms with van der Waals surface area (Å²) in [6, 6.07) is 7.04. The highest BCUT2D eigenvalue weighted by molar-refractivity contribution is 6.30. The van der Waals surface area contributed by atoms with E-state index in [1.807, 2.05) is 25.7 Å². The Labute approximate surface area is 136 Å². The molecule has 22 heavy (non-hydrogen) atoms. The lowest BCUT2D eigenvalue weighted by Gasteiger charge is -2.35. The first-order valence-corrected chi connectivity index (χ1v) is 8.01. The summed E-state index contributed by atoms with van der Waals surface area (Å²) < 4.78 is 0. The number of amides is 2. The molecule has 0 aliphatic carbocycles. The number of benzene rings is 1. The average Bonchev–Trinajstić information content (AvgIpc) is 2.48. The minimum Gasteiger partial charge on any atom is -0.341 e. The number of halogens is 1. The molecule has 1 aliphatic rings. The van der Waals surface area contributed by atoms with Gasteiger partial charge in [0, 0.05) is 29.2 Å². The number of carbonyl (C=O) groups excluding carboxylic acids is 2. The number of rotatable bonds is 2. The molecule has 1 atom stereocenters. The van der Waals surface area contributed by atoms with Gasteiger partial charge in [-0.3, -0.25) is 9.59 Å². The first-order chi connectivity index (χ1) is 10.3. The van der Waals surface area contributed by atoms with Crippen molar-refractivity contribution in [2.75, 3.05) is 18.4 Å². The largest absolute Gasteiger partial charge is 0.341 e. The predicted molar refractivity (Wildman–Crippen MR) is 88.8 cm³/mol. The zero-order chi connectivity index (χ0) is 16.3. The lowest BCUT2D eigenvalue weighted by Crippen LogP contribution is -2.47. The Balaban J connectivity index is 1.98. The third-order valence-electron chi connectivity index (χ3n) is 3.83. The number of hydrogen-bond donors (Lipinski definition) is 1. The molecular weight excluding hydrogens is 300 g/mol. The number of nitrogens with zero attached hydrogens (tertiary/aromatic N) is 1. The van der Waals surface area contributed by atoms with Crippen LogP contribution >= 0.6 is 11.6 Å². The molecule has 0 saturated carbocycles. The maximum absolute atomic E-state index is 12.4. The summed E-state index contributed by atoms with van der Waals surface area (Å²) in [7, 11) is 0. The highest BCUT2D eigenvalue weighted by atomic mass is 35.5. The average molecular weight is 323 g/mol. The van der Waals surface area contributed by atoms with Crippen molar-refractivity contribution in [2.45, 2.75) is 33.6 Å². The molecule has 1 aromatic rings. The maximum Gasteiger partial charge on any atom is 0.229 e. The van der Waals surface area contributed by atoms with Crippen molar-refractivity contribution in [3.05, 3.63) is 29.3 Å². The molecule has 2 amide bonds.